The molecule has 1 unspecified atom stereocenters. The highest BCUT2D eigenvalue weighted by Crippen LogP contribution is 2.50. The number of sulfonamides is 1. The first kappa shape index (κ1) is 31.2. The van der Waals surface area contributed by atoms with E-state index in [0.717, 1.165) is 34.6 Å². The van der Waals surface area contributed by atoms with E-state index in [9.17, 15) is 39.9 Å². The number of aliphatic hydroxyl groups is 1. The molecule has 5 nitrogen and oxygen atoms in total. The Bertz CT molecular complexity index is 1330. The second-order valence-electron chi connectivity index (χ2n) is 9.08. The van der Waals surface area contributed by atoms with Crippen molar-refractivity contribution in [1.82, 2.24) is 4.31 Å². The molecular formula is C25H25ClF6N2O3S2. The van der Waals surface area contributed by atoms with E-state index >= 15 is 0 Å². The van der Waals surface area contributed by atoms with Gasteiger partial charge in [0.05, 0.1) is 0 Å². The van der Waals surface area contributed by atoms with E-state index in [1.807, 2.05) is 31.2 Å². The molecule has 0 bridgehead atoms. The molecule has 4 rings (SSSR count). The number of anilines is 1. The lowest BCUT2D eigenvalue weighted by Crippen LogP contribution is -2.55. The van der Waals surface area contributed by atoms with Gasteiger partial charge >= 0.3 is 12.4 Å². The van der Waals surface area contributed by atoms with Crippen molar-refractivity contribution in [1.29, 1.82) is 0 Å². The van der Waals surface area contributed by atoms with E-state index in [1.165, 1.54) is 10.4 Å². The van der Waals surface area contributed by atoms with Gasteiger partial charge in [0.2, 0.25) is 0 Å². The molecule has 1 aromatic heterocycles. The summed E-state index contributed by atoms with van der Waals surface area (Å²) in [7, 11) is -3.77. The predicted molar refractivity (Wildman–Crippen MR) is 139 cm³/mol. The lowest BCUT2D eigenvalue weighted by molar-refractivity contribution is -0.376. The first-order chi connectivity index (χ1) is 17.6. The molecule has 39 heavy (non-hydrogen) atoms. The molecule has 1 aliphatic rings. The summed E-state index contributed by atoms with van der Waals surface area (Å²) in [6, 6.07) is 13.6. The highest BCUT2D eigenvalue weighted by Gasteiger charge is 2.71. The molecule has 0 aliphatic carbocycles. The Morgan fingerprint density at radius 1 is 0.923 bits per heavy atom. The van der Waals surface area contributed by atoms with Crippen molar-refractivity contribution in [2.75, 3.05) is 24.5 Å². The molecule has 0 saturated carbocycles. The van der Waals surface area contributed by atoms with Gasteiger partial charge in [-0.3, -0.25) is 0 Å². The number of rotatable bonds is 6. The summed E-state index contributed by atoms with van der Waals surface area (Å²) >= 11 is 1.08. The number of nitrogens with zero attached hydrogens (tertiary/aromatic N) is 2. The number of hydrogen-bond acceptors (Lipinski definition) is 5. The van der Waals surface area contributed by atoms with Crippen LogP contribution in [0.25, 0.3) is 0 Å². The minimum atomic E-state index is -5.98. The topological polar surface area (TPSA) is 60.9 Å². The molecular weight excluding hydrogens is 590 g/mol. The van der Waals surface area contributed by atoms with Gasteiger partial charge in [-0.15, -0.1) is 23.7 Å². The molecule has 3 aromatic rings. The van der Waals surface area contributed by atoms with Gasteiger partial charge in [0.15, 0.2) is 0 Å². The summed E-state index contributed by atoms with van der Waals surface area (Å²) in [4.78, 5) is 1.77. The minimum Gasteiger partial charge on any atom is -0.369 e. The Hall–Kier alpha value is -2.32. The highest BCUT2D eigenvalue weighted by atomic mass is 35.5. The number of piperazine rings is 1. The van der Waals surface area contributed by atoms with Crippen LogP contribution in [0.5, 0.6) is 0 Å². The zero-order chi connectivity index (χ0) is 27.9. The largest absolute Gasteiger partial charge is 0.430 e. The van der Waals surface area contributed by atoms with Gasteiger partial charge in [0, 0.05) is 36.9 Å². The maximum absolute atomic E-state index is 13.3. The monoisotopic (exact) mass is 614 g/mol. The van der Waals surface area contributed by atoms with Gasteiger partial charge in [-0.05, 0) is 42.5 Å². The van der Waals surface area contributed by atoms with Crippen LogP contribution >= 0.6 is 23.7 Å². The first-order valence-electron chi connectivity index (χ1n) is 11.5. The van der Waals surface area contributed by atoms with Crippen molar-refractivity contribution in [2.24, 2.45) is 0 Å². The van der Waals surface area contributed by atoms with Crippen molar-refractivity contribution in [3.05, 3.63) is 82.7 Å². The van der Waals surface area contributed by atoms with Crippen molar-refractivity contribution in [2.45, 2.75) is 41.5 Å². The van der Waals surface area contributed by atoms with Crippen LogP contribution in [0.15, 0.2) is 70.3 Å². The molecule has 1 aliphatic heterocycles. The van der Waals surface area contributed by atoms with E-state index in [-0.39, 0.29) is 36.3 Å². The maximum atomic E-state index is 13.3. The zero-order valence-electron chi connectivity index (χ0n) is 20.4. The molecule has 0 amide bonds. The number of alkyl halides is 6. The van der Waals surface area contributed by atoms with Crippen LogP contribution in [-0.2, 0) is 22.0 Å². The van der Waals surface area contributed by atoms with Crippen molar-refractivity contribution in [3.8, 4) is 0 Å². The Balaban J connectivity index is 0.00000420. The number of thiophene rings is 1. The number of aryl methyl sites for hydroxylation is 1. The minimum absolute atomic E-state index is 0. The second kappa shape index (κ2) is 11.3. The number of benzene rings is 2. The smallest absolute Gasteiger partial charge is 0.369 e. The molecule has 214 valence electrons. The first-order valence-corrected chi connectivity index (χ1v) is 13.8. The molecule has 14 heteroatoms. The molecule has 2 heterocycles. The number of halogens is 7. The summed E-state index contributed by atoms with van der Waals surface area (Å²) in [5, 5.41) is 11.4. The van der Waals surface area contributed by atoms with Gasteiger partial charge in [0.1, 0.15) is 4.21 Å². The molecule has 0 radical (unpaired) electrons. The van der Waals surface area contributed by atoms with Crippen LogP contribution in [0, 0.1) is 6.92 Å². The molecule has 0 spiro atoms. The average Bonchev–Trinajstić information content (AvgIpc) is 3.40. The van der Waals surface area contributed by atoms with Gasteiger partial charge < -0.3 is 10.0 Å². The van der Waals surface area contributed by atoms with Gasteiger partial charge in [-0.1, -0.05) is 48.0 Å². The Morgan fingerprint density at radius 2 is 1.51 bits per heavy atom. The van der Waals surface area contributed by atoms with Gasteiger partial charge in [-0.25, -0.2) is 8.42 Å². The molecule has 1 fully saturated rings. The third-order valence-electron chi connectivity index (χ3n) is 6.56. The lowest BCUT2D eigenvalue weighted by atomic mass is 9.92. The molecule has 2 aromatic carbocycles. The predicted octanol–water partition coefficient (Wildman–Crippen LogP) is 5.91. The molecule has 1 saturated heterocycles. The summed E-state index contributed by atoms with van der Waals surface area (Å²) in [5.41, 5.74) is -4.15. The van der Waals surface area contributed by atoms with Crippen LogP contribution < -0.4 is 4.90 Å². The third kappa shape index (κ3) is 6.07. The van der Waals surface area contributed by atoms with Crippen LogP contribution in [0.2, 0.25) is 0 Å². The lowest BCUT2D eigenvalue weighted by Gasteiger charge is -2.42. The normalized spacial score (nSPS) is 17.6. The third-order valence-corrected chi connectivity index (χ3v) is 9.80. The van der Waals surface area contributed by atoms with Crippen LogP contribution in [-0.4, -0.2) is 55.9 Å². The molecule has 1 atom stereocenters. The maximum Gasteiger partial charge on any atom is 0.430 e. The summed E-state index contributed by atoms with van der Waals surface area (Å²) in [6.07, 6.45) is -11.6. The fourth-order valence-corrected chi connectivity index (χ4v) is 7.09. The quantitative estimate of drug-likeness (QED) is 0.351. The van der Waals surface area contributed by atoms with E-state index in [1.54, 1.807) is 16.3 Å². The Morgan fingerprint density at radius 3 is 2.03 bits per heavy atom. The molecule has 1 N–H and O–H groups in total. The highest BCUT2D eigenvalue weighted by molar-refractivity contribution is 7.91. The van der Waals surface area contributed by atoms with E-state index in [0.29, 0.717) is 24.2 Å². The van der Waals surface area contributed by atoms with Crippen molar-refractivity contribution < 1.29 is 39.9 Å². The summed E-state index contributed by atoms with van der Waals surface area (Å²) in [5.74, 6) is 0. The van der Waals surface area contributed by atoms with Gasteiger partial charge in [-0.2, -0.15) is 30.6 Å². The SMILES string of the molecule is Cc1ccc(CC2CN(S(=O)(=O)c3cccs3)CCN2c2ccc(C(O)(C(F)(F)F)C(F)(F)F)cc2)cc1.Cl. The Labute approximate surface area is 232 Å². The second-order valence-corrected chi connectivity index (χ2v) is 12.2. The van der Waals surface area contributed by atoms with Crippen LogP contribution in [0.4, 0.5) is 32.0 Å². The fourth-order valence-electron chi connectivity index (χ4n) is 4.48. The fraction of sp³-hybridized carbons (Fsp3) is 0.360. The van der Waals surface area contributed by atoms with Crippen LogP contribution in [0.3, 0.4) is 0 Å². The summed E-state index contributed by atoms with van der Waals surface area (Å²) < 4.78 is 108. The van der Waals surface area contributed by atoms with E-state index in [2.05, 4.69) is 0 Å². The van der Waals surface area contributed by atoms with Crippen molar-refractivity contribution in [3.63, 3.8) is 0 Å². The average molecular weight is 615 g/mol. The standard InChI is InChI=1S/C25H24F6N2O3S2.ClH/c1-17-4-6-18(7-5-17)15-21-16-32(38(35,36)22-3-2-14-37-22)12-13-33(21)20-10-8-19(9-11-20)23(34,24(26,27)28)25(29,30)31;/h2-11,14,21,34H,12-13,15-16H2,1H3;1H. The van der Waals surface area contributed by atoms with E-state index in [4.69, 9.17) is 0 Å². The summed E-state index contributed by atoms with van der Waals surface area (Å²) in [6.45, 7) is 2.20. The number of hydrogen-bond donors (Lipinski definition) is 1. The van der Waals surface area contributed by atoms with E-state index < -0.39 is 39.6 Å². The van der Waals surface area contributed by atoms with Gasteiger partial charge in [0.25, 0.3) is 15.6 Å². The zero-order valence-corrected chi connectivity index (χ0v) is 22.9. The Kier molecular flexibility index (Phi) is 9.03. The van der Waals surface area contributed by atoms with Crippen molar-refractivity contribution >= 4 is 39.5 Å². The van der Waals surface area contributed by atoms with Crippen LogP contribution in [0.1, 0.15) is 16.7 Å².